The predicted octanol–water partition coefficient (Wildman–Crippen LogP) is 1.74. The lowest BCUT2D eigenvalue weighted by atomic mass is 10.0. The number of benzene rings is 1. The normalized spacial score (nSPS) is 16.9. The van der Waals surface area contributed by atoms with Crippen molar-refractivity contribution >= 4 is 15.7 Å². The minimum Gasteiger partial charge on any atom is -0.497 e. The standard InChI is InChI=1S/C14H22N2O3S/c1-11-9-13(19-2)3-4-14(11)16-20(17,18)10-12-5-7-15-8-6-12/h3-4,9,12,15-16H,5-8,10H2,1-2H3. The molecule has 0 aromatic heterocycles. The Balaban J connectivity index is 2.03. The van der Waals surface area contributed by atoms with E-state index in [1.165, 1.54) is 0 Å². The first-order valence-corrected chi connectivity index (χ1v) is 8.51. The van der Waals surface area contributed by atoms with Gasteiger partial charge in [-0.25, -0.2) is 8.42 Å². The molecule has 0 bridgehead atoms. The van der Waals surface area contributed by atoms with Crippen molar-refractivity contribution in [1.29, 1.82) is 0 Å². The molecular weight excluding hydrogens is 276 g/mol. The Hall–Kier alpha value is -1.27. The van der Waals surface area contributed by atoms with E-state index in [0.717, 1.165) is 37.2 Å². The average Bonchev–Trinajstić information content (AvgIpc) is 2.41. The molecule has 1 fully saturated rings. The van der Waals surface area contributed by atoms with Crippen molar-refractivity contribution in [3.8, 4) is 5.75 Å². The Bertz CT molecular complexity index is 552. The first kappa shape index (κ1) is 15.1. The third kappa shape index (κ3) is 4.11. The van der Waals surface area contributed by atoms with Gasteiger partial charge in [-0.05, 0) is 62.5 Å². The number of rotatable bonds is 5. The summed E-state index contributed by atoms with van der Waals surface area (Å²) >= 11 is 0. The summed E-state index contributed by atoms with van der Waals surface area (Å²) < 4.78 is 32.2. The molecule has 1 heterocycles. The number of nitrogens with one attached hydrogen (secondary N) is 2. The minimum atomic E-state index is -3.29. The van der Waals surface area contributed by atoms with E-state index in [1.807, 2.05) is 13.0 Å². The van der Waals surface area contributed by atoms with Gasteiger partial charge in [0.2, 0.25) is 10.0 Å². The van der Waals surface area contributed by atoms with Gasteiger partial charge in [0, 0.05) is 0 Å². The number of ether oxygens (including phenoxy) is 1. The summed E-state index contributed by atoms with van der Waals surface area (Å²) in [5.41, 5.74) is 1.48. The van der Waals surface area contributed by atoms with E-state index in [-0.39, 0.29) is 11.7 Å². The monoisotopic (exact) mass is 298 g/mol. The summed E-state index contributed by atoms with van der Waals surface area (Å²) in [7, 11) is -1.70. The summed E-state index contributed by atoms with van der Waals surface area (Å²) in [5.74, 6) is 1.16. The molecule has 0 saturated carbocycles. The molecule has 1 aliphatic rings. The van der Waals surface area contributed by atoms with Crippen LogP contribution in [-0.2, 0) is 10.0 Å². The second kappa shape index (κ2) is 6.45. The highest BCUT2D eigenvalue weighted by molar-refractivity contribution is 7.92. The zero-order valence-corrected chi connectivity index (χ0v) is 12.8. The van der Waals surface area contributed by atoms with Crippen LogP contribution >= 0.6 is 0 Å². The lowest BCUT2D eigenvalue weighted by Crippen LogP contribution is -2.33. The minimum absolute atomic E-state index is 0.195. The fourth-order valence-corrected chi connectivity index (χ4v) is 4.05. The molecule has 2 N–H and O–H groups in total. The number of sulfonamides is 1. The average molecular weight is 298 g/mol. The van der Waals surface area contributed by atoms with Gasteiger partial charge in [-0.2, -0.15) is 0 Å². The summed E-state index contributed by atoms with van der Waals surface area (Å²) in [6.07, 6.45) is 1.84. The number of piperidine rings is 1. The van der Waals surface area contributed by atoms with E-state index in [9.17, 15) is 8.42 Å². The lowest BCUT2D eigenvalue weighted by molar-refractivity contribution is 0.402. The van der Waals surface area contributed by atoms with Crippen LogP contribution < -0.4 is 14.8 Å². The van der Waals surface area contributed by atoms with Crippen LogP contribution in [0.3, 0.4) is 0 Å². The van der Waals surface area contributed by atoms with Crippen molar-refractivity contribution in [2.75, 3.05) is 30.7 Å². The van der Waals surface area contributed by atoms with Gasteiger partial charge < -0.3 is 10.1 Å². The SMILES string of the molecule is COc1ccc(NS(=O)(=O)CC2CCNCC2)c(C)c1. The van der Waals surface area contributed by atoms with E-state index in [1.54, 1.807) is 19.2 Å². The van der Waals surface area contributed by atoms with E-state index >= 15 is 0 Å². The number of anilines is 1. The predicted molar refractivity (Wildman–Crippen MR) is 80.7 cm³/mol. The molecular formula is C14H22N2O3S. The molecule has 6 heteroatoms. The fourth-order valence-electron chi connectivity index (χ4n) is 2.45. The fraction of sp³-hybridized carbons (Fsp3) is 0.571. The van der Waals surface area contributed by atoms with Crippen LogP contribution in [0.5, 0.6) is 5.75 Å². The Morgan fingerprint density at radius 2 is 2.05 bits per heavy atom. The van der Waals surface area contributed by atoms with E-state index in [2.05, 4.69) is 10.0 Å². The smallest absolute Gasteiger partial charge is 0.233 e. The van der Waals surface area contributed by atoms with Crippen molar-refractivity contribution in [2.45, 2.75) is 19.8 Å². The van der Waals surface area contributed by atoms with E-state index in [0.29, 0.717) is 5.69 Å². The molecule has 0 atom stereocenters. The topological polar surface area (TPSA) is 67.4 Å². The highest BCUT2D eigenvalue weighted by atomic mass is 32.2. The Kier molecular flexibility index (Phi) is 4.88. The summed E-state index contributed by atoms with van der Waals surface area (Å²) in [6, 6.07) is 5.33. The summed E-state index contributed by atoms with van der Waals surface area (Å²) in [6.45, 7) is 3.68. The van der Waals surface area contributed by atoms with Crippen LogP contribution in [0.1, 0.15) is 18.4 Å². The van der Waals surface area contributed by atoms with Crippen molar-refractivity contribution in [3.63, 3.8) is 0 Å². The maximum absolute atomic E-state index is 12.2. The maximum atomic E-state index is 12.2. The van der Waals surface area contributed by atoms with Crippen LogP contribution in [0.4, 0.5) is 5.69 Å². The maximum Gasteiger partial charge on any atom is 0.233 e. The molecule has 0 amide bonds. The lowest BCUT2D eigenvalue weighted by Gasteiger charge is -2.22. The van der Waals surface area contributed by atoms with Crippen LogP contribution in [-0.4, -0.2) is 34.4 Å². The van der Waals surface area contributed by atoms with Gasteiger partial charge in [0.1, 0.15) is 5.75 Å². The molecule has 0 unspecified atom stereocenters. The largest absolute Gasteiger partial charge is 0.497 e. The number of methoxy groups -OCH3 is 1. The second-order valence-corrected chi connectivity index (χ2v) is 7.02. The van der Waals surface area contributed by atoms with Gasteiger partial charge in [0.15, 0.2) is 0 Å². The molecule has 2 rings (SSSR count). The third-order valence-electron chi connectivity index (χ3n) is 3.61. The van der Waals surface area contributed by atoms with Gasteiger partial charge in [-0.1, -0.05) is 0 Å². The first-order chi connectivity index (χ1) is 9.50. The molecule has 0 radical (unpaired) electrons. The number of aryl methyl sites for hydroxylation is 1. The molecule has 1 saturated heterocycles. The number of hydrogen-bond acceptors (Lipinski definition) is 4. The van der Waals surface area contributed by atoms with Crippen molar-refractivity contribution in [1.82, 2.24) is 5.32 Å². The third-order valence-corrected chi connectivity index (χ3v) is 5.05. The highest BCUT2D eigenvalue weighted by Crippen LogP contribution is 2.23. The quantitative estimate of drug-likeness (QED) is 0.869. The van der Waals surface area contributed by atoms with Crippen LogP contribution in [0.25, 0.3) is 0 Å². The summed E-state index contributed by atoms with van der Waals surface area (Å²) in [5, 5.41) is 3.24. The van der Waals surface area contributed by atoms with Gasteiger partial charge in [-0.15, -0.1) is 0 Å². The summed E-state index contributed by atoms with van der Waals surface area (Å²) in [4.78, 5) is 0. The molecule has 112 valence electrons. The Morgan fingerprint density at radius 1 is 1.35 bits per heavy atom. The molecule has 1 aromatic carbocycles. The van der Waals surface area contributed by atoms with Crippen LogP contribution in [0.2, 0.25) is 0 Å². The van der Waals surface area contributed by atoms with Crippen LogP contribution in [0, 0.1) is 12.8 Å². The molecule has 0 aliphatic carbocycles. The molecule has 1 aromatic rings. The van der Waals surface area contributed by atoms with Gasteiger partial charge in [0.25, 0.3) is 0 Å². The number of hydrogen-bond donors (Lipinski definition) is 2. The van der Waals surface area contributed by atoms with E-state index < -0.39 is 10.0 Å². The Morgan fingerprint density at radius 3 is 2.65 bits per heavy atom. The molecule has 1 aliphatic heterocycles. The highest BCUT2D eigenvalue weighted by Gasteiger charge is 2.21. The first-order valence-electron chi connectivity index (χ1n) is 6.86. The van der Waals surface area contributed by atoms with Crippen molar-refractivity contribution in [2.24, 2.45) is 5.92 Å². The van der Waals surface area contributed by atoms with Gasteiger partial charge in [-0.3, -0.25) is 4.72 Å². The molecule has 5 nitrogen and oxygen atoms in total. The van der Waals surface area contributed by atoms with Crippen molar-refractivity contribution < 1.29 is 13.2 Å². The van der Waals surface area contributed by atoms with Gasteiger partial charge in [0.05, 0.1) is 18.6 Å². The van der Waals surface area contributed by atoms with Crippen LogP contribution in [0.15, 0.2) is 18.2 Å². The zero-order chi connectivity index (χ0) is 14.6. The van der Waals surface area contributed by atoms with Gasteiger partial charge >= 0.3 is 0 Å². The molecule has 20 heavy (non-hydrogen) atoms. The Labute approximate surface area is 120 Å². The zero-order valence-electron chi connectivity index (χ0n) is 12.0. The van der Waals surface area contributed by atoms with Crippen molar-refractivity contribution in [3.05, 3.63) is 23.8 Å². The molecule has 0 spiro atoms. The second-order valence-electron chi connectivity index (χ2n) is 5.26. The van der Waals surface area contributed by atoms with E-state index in [4.69, 9.17) is 4.74 Å².